The molecule has 0 spiro atoms. The smallest absolute Gasteiger partial charge is 0.480 e. The third-order valence-corrected chi connectivity index (χ3v) is 5.03. The normalized spacial score (nSPS) is 19.5. The summed E-state index contributed by atoms with van der Waals surface area (Å²) in [5.41, 5.74) is -2.50. The summed E-state index contributed by atoms with van der Waals surface area (Å²) in [5, 5.41) is 3.52. The molecule has 12 heteroatoms. The van der Waals surface area contributed by atoms with Gasteiger partial charge in [0.1, 0.15) is 12.1 Å². The van der Waals surface area contributed by atoms with Gasteiger partial charge in [0.05, 0.1) is 6.61 Å². The number of alkyl halides is 5. The van der Waals surface area contributed by atoms with Crippen LogP contribution in [0.4, 0.5) is 22.0 Å². The van der Waals surface area contributed by atoms with E-state index in [-0.39, 0.29) is 18.6 Å². The molecule has 2 unspecified atom stereocenters. The number of hydrogen-bond donors (Lipinski definition) is 2. The van der Waals surface area contributed by atoms with Crippen molar-refractivity contribution in [2.24, 2.45) is 5.73 Å². The minimum absolute atomic E-state index is 0.0798. The number of carboxylic acid groups (broad SMARTS) is 1. The first kappa shape index (κ1) is 19.5. The molecule has 1 saturated heterocycles. The van der Waals surface area contributed by atoms with Crippen LogP contribution in [0.1, 0.15) is 22.8 Å². The largest absolute Gasteiger partial charge is 0.503 e. The van der Waals surface area contributed by atoms with Crippen molar-refractivity contribution in [1.29, 1.82) is 0 Å². The molecule has 0 radical (unpaired) electrons. The van der Waals surface area contributed by atoms with E-state index in [0.717, 1.165) is 12.1 Å². The van der Waals surface area contributed by atoms with Gasteiger partial charge in [-0.05, 0) is 17.5 Å². The van der Waals surface area contributed by atoms with Crippen LogP contribution in [0, 0.1) is 0 Å². The van der Waals surface area contributed by atoms with Crippen LogP contribution in [0.3, 0.4) is 0 Å². The van der Waals surface area contributed by atoms with Gasteiger partial charge >= 0.3 is 26.6 Å². The van der Waals surface area contributed by atoms with Gasteiger partial charge in [-0.25, -0.2) is 8.42 Å². The van der Waals surface area contributed by atoms with Gasteiger partial charge in [0.2, 0.25) is 0 Å². The summed E-state index contributed by atoms with van der Waals surface area (Å²) in [7, 11) is -6.81. The summed E-state index contributed by atoms with van der Waals surface area (Å²) in [4.78, 5) is 10.7. The molecule has 1 heterocycles. The minimum Gasteiger partial charge on any atom is -0.480 e. The number of rotatable bonds is 6. The van der Waals surface area contributed by atoms with E-state index in [0.29, 0.717) is 6.07 Å². The fourth-order valence-electron chi connectivity index (χ4n) is 2.13. The zero-order valence-electron chi connectivity index (χ0n) is 12.3. The number of sulfone groups is 1. The van der Waals surface area contributed by atoms with Crippen molar-refractivity contribution in [3.05, 3.63) is 34.9 Å². The lowest BCUT2D eigenvalue weighted by Gasteiger charge is -2.22. The van der Waals surface area contributed by atoms with Gasteiger partial charge in [0.25, 0.3) is 0 Å². The van der Waals surface area contributed by atoms with Crippen LogP contribution in [0.5, 0.6) is 0 Å². The Morgan fingerprint density at radius 2 is 1.88 bits per heavy atom. The average Bonchev–Trinajstić information content (AvgIpc) is 3.29. The minimum atomic E-state index is -6.81. The van der Waals surface area contributed by atoms with Gasteiger partial charge < -0.3 is 15.6 Å². The highest BCUT2D eigenvalue weighted by Crippen LogP contribution is 2.47. The lowest BCUT2D eigenvalue weighted by molar-refractivity contribution is -0.138. The van der Waals surface area contributed by atoms with Crippen molar-refractivity contribution in [3.63, 3.8) is 0 Å². The molecular weight excluding hydrogens is 377 g/mol. The maximum atomic E-state index is 14.1. The Hall–Kier alpha value is -1.79. The Kier molecular flexibility index (Phi) is 4.83. The highest BCUT2D eigenvalue weighted by atomic mass is 32.2. The van der Waals surface area contributed by atoms with Crippen LogP contribution in [-0.2, 0) is 31.0 Å². The summed E-state index contributed by atoms with van der Waals surface area (Å²) >= 11 is 0. The van der Waals surface area contributed by atoms with Crippen molar-refractivity contribution in [2.45, 2.75) is 29.3 Å². The Morgan fingerprint density at radius 1 is 1.32 bits per heavy atom. The molecule has 25 heavy (non-hydrogen) atoms. The van der Waals surface area contributed by atoms with Gasteiger partial charge in [0.15, 0.2) is 0 Å². The van der Waals surface area contributed by atoms with E-state index >= 15 is 0 Å². The Balaban J connectivity index is 2.50. The number of nitrogens with two attached hydrogens (primary N) is 1. The molecule has 0 aromatic heterocycles. The first-order chi connectivity index (χ1) is 11.3. The molecule has 1 aliphatic heterocycles. The Morgan fingerprint density at radius 3 is 2.32 bits per heavy atom. The number of ether oxygens (including phenoxy) is 1. The molecule has 3 N–H and O–H groups in total. The third-order valence-electron chi connectivity index (χ3n) is 3.52. The van der Waals surface area contributed by atoms with Crippen LogP contribution in [-0.4, -0.2) is 37.7 Å². The van der Waals surface area contributed by atoms with Gasteiger partial charge in [-0.3, -0.25) is 4.79 Å². The Bertz CT molecular complexity index is 788. The van der Waals surface area contributed by atoms with E-state index in [1.807, 2.05) is 0 Å². The molecular formula is C13H12F5NO5S. The van der Waals surface area contributed by atoms with Crippen LogP contribution in [0.25, 0.3) is 0 Å². The standard InChI is InChI=1S/C13H12F5NO5S/c14-12(15,25(22,23)13(16,17)18)8-2-1-6(4-9(19)11(20)21)3-7(8)10-5-24-10/h1-3,9-10H,4-5,19H2,(H,20,21). The number of halogens is 5. The highest BCUT2D eigenvalue weighted by Gasteiger charge is 2.63. The second kappa shape index (κ2) is 6.18. The van der Waals surface area contributed by atoms with E-state index < -0.39 is 49.8 Å². The summed E-state index contributed by atoms with van der Waals surface area (Å²) in [6, 6.07) is 1.04. The van der Waals surface area contributed by atoms with Crippen molar-refractivity contribution in [2.75, 3.05) is 6.61 Å². The van der Waals surface area contributed by atoms with Crippen LogP contribution >= 0.6 is 0 Å². The Labute approximate surface area is 138 Å². The van der Waals surface area contributed by atoms with E-state index in [1.165, 1.54) is 0 Å². The van der Waals surface area contributed by atoms with Crippen LogP contribution < -0.4 is 5.73 Å². The molecule has 0 aliphatic carbocycles. The van der Waals surface area contributed by atoms with Gasteiger partial charge in [-0.15, -0.1) is 0 Å². The number of carbonyl (C=O) groups is 1. The first-order valence-electron chi connectivity index (χ1n) is 6.71. The van der Waals surface area contributed by atoms with E-state index in [9.17, 15) is 35.2 Å². The van der Waals surface area contributed by atoms with Gasteiger partial charge in [-0.1, -0.05) is 18.2 Å². The highest BCUT2D eigenvalue weighted by molar-refractivity contribution is 7.92. The fourth-order valence-corrected chi connectivity index (χ4v) is 2.90. The molecule has 0 bridgehead atoms. The molecule has 0 amide bonds. The van der Waals surface area contributed by atoms with E-state index in [4.69, 9.17) is 15.6 Å². The quantitative estimate of drug-likeness (QED) is 0.566. The maximum absolute atomic E-state index is 14.1. The molecule has 1 aromatic carbocycles. The molecule has 6 nitrogen and oxygen atoms in total. The van der Waals surface area contributed by atoms with Crippen LogP contribution in [0.15, 0.2) is 18.2 Å². The average molecular weight is 389 g/mol. The summed E-state index contributed by atoms with van der Waals surface area (Å²) in [6.07, 6.45) is -1.28. The predicted octanol–water partition coefficient (Wildman–Crippen LogP) is 1.70. The van der Waals surface area contributed by atoms with Gasteiger partial charge in [-0.2, -0.15) is 22.0 Å². The zero-order chi connectivity index (χ0) is 19.2. The molecule has 140 valence electrons. The second-order valence-corrected chi connectivity index (χ2v) is 7.34. The number of aliphatic carboxylic acids is 1. The third kappa shape index (κ3) is 3.60. The lowest BCUT2D eigenvalue weighted by Crippen LogP contribution is -2.38. The second-order valence-electron chi connectivity index (χ2n) is 5.36. The van der Waals surface area contributed by atoms with Gasteiger partial charge in [0, 0.05) is 5.56 Å². The molecule has 0 saturated carbocycles. The summed E-state index contributed by atoms with van der Waals surface area (Å²) in [5.74, 6) is -1.36. The monoisotopic (exact) mass is 389 g/mol. The van der Waals surface area contributed by atoms with Crippen LogP contribution in [0.2, 0.25) is 0 Å². The number of carboxylic acids is 1. The van der Waals surface area contributed by atoms with Crippen molar-refractivity contribution < 1.29 is 45.0 Å². The lowest BCUT2D eigenvalue weighted by atomic mass is 9.98. The molecule has 1 aliphatic rings. The van der Waals surface area contributed by atoms with Crippen molar-refractivity contribution >= 4 is 15.8 Å². The predicted molar refractivity (Wildman–Crippen MR) is 73.3 cm³/mol. The molecule has 1 fully saturated rings. The van der Waals surface area contributed by atoms with Crippen molar-refractivity contribution in [3.8, 4) is 0 Å². The number of epoxide rings is 1. The molecule has 1 aromatic rings. The fraction of sp³-hybridized carbons (Fsp3) is 0.462. The molecule has 2 atom stereocenters. The summed E-state index contributed by atoms with van der Waals surface area (Å²) < 4.78 is 93.0. The SMILES string of the molecule is NC(Cc1ccc(C(F)(F)S(=O)(=O)C(F)(F)F)c(C2CO2)c1)C(=O)O. The zero-order valence-corrected chi connectivity index (χ0v) is 13.1. The van der Waals surface area contributed by atoms with E-state index in [1.54, 1.807) is 0 Å². The topological polar surface area (TPSA) is 110 Å². The number of benzene rings is 1. The first-order valence-corrected chi connectivity index (χ1v) is 8.19. The maximum Gasteiger partial charge on any atom is 0.503 e. The number of hydrogen-bond acceptors (Lipinski definition) is 5. The van der Waals surface area contributed by atoms with E-state index in [2.05, 4.69) is 0 Å². The van der Waals surface area contributed by atoms with Crippen molar-refractivity contribution in [1.82, 2.24) is 0 Å². The molecule has 2 rings (SSSR count). The summed E-state index contributed by atoms with van der Waals surface area (Å²) in [6.45, 7) is -0.0798.